The Bertz CT molecular complexity index is 737. The van der Waals surface area contributed by atoms with Gasteiger partial charge in [0, 0.05) is 13.1 Å². The van der Waals surface area contributed by atoms with Crippen LogP contribution in [0.2, 0.25) is 0 Å². The second kappa shape index (κ2) is 6.48. The molecule has 0 spiro atoms. The van der Waals surface area contributed by atoms with Gasteiger partial charge in [0.05, 0.1) is 0 Å². The molecule has 2 aromatic carbocycles. The molecule has 0 aliphatic carbocycles. The highest BCUT2D eigenvalue weighted by Gasteiger charge is 2.15. The van der Waals surface area contributed by atoms with E-state index in [0.29, 0.717) is 5.89 Å². The fraction of sp³-hybridized carbons (Fsp3) is 0.211. The van der Waals surface area contributed by atoms with E-state index >= 15 is 0 Å². The van der Waals surface area contributed by atoms with Crippen LogP contribution in [-0.2, 0) is 0 Å². The van der Waals surface area contributed by atoms with E-state index in [4.69, 9.17) is 4.42 Å². The van der Waals surface area contributed by atoms with Crippen molar-refractivity contribution in [2.45, 2.75) is 13.8 Å². The fourth-order valence-electron chi connectivity index (χ4n) is 2.54. The van der Waals surface area contributed by atoms with Crippen molar-refractivity contribution >= 4 is 22.9 Å². The van der Waals surface area contributed by atoms with Crippen LogP contribution >= 0.6 is 0 Å². The van der Waals surface area contributed by atoms with Gasteiger partial charge in [0.1, 0.15) is 11.2 Å². The number of benzene rings is 2. The predicted molar refractivity (Wildman–Crippen MR) is 91.2 cm³/mol. The van der Waals surface area contributed by atoms with E-state index in [0.717, 1.165) is 35.4 Å². The van der Waals surface area contributed by atoms with Crippen molar-refractivity contribution in [1.82, 2.24) is 9.88 Å². The lowest BCUT2D eigenvalue weighted by Crippen LogP contribution is -2.21. The minimum Gasteiger partial charge on any atom is -0.435 e. The zero-order chi connectivity index (χ0) is 15.4. The van der Waals surface area contributed by atoms with Crippen molar-refractivity contribution < 1.29 is 4.42 Å². The van der Waals surface area contributed by atoms with Crippen molar-refractivity contribution in [2.75, 3.05) is 13.1 Å². The monoisotopic (exact) mass is 292 g/mol. The third-order valence-corrected chi connectivity index (χ3v) is 3.72. The molecule has 22 heavy (non-hydrogen) atoms. The molecule has 3 aromatic rings. The van der Waals surface area contributed by atoms with Crippen molar-refractivity contribution in [3.05, 3.63) is 66.1 Å². The number of hydrogen-bond donors (Lipinski definition) is 0. The summed E-state index contributed by atoms with van der Waals surface area (Å²) in [5.74, 6) is 0.675. The van der Waals surface area contributed by atoms with Gasteiger partial charge in [-0.2, -0.15) is 0 Å². The van der Waals surface area contributed by atoms with E-state index in [2.05, 4.69) is 41.9 Å². The molecule has 1 heterocycles. The molecule has 0 atom stereocenters. The Morgan fingerprint density at radius 1 is 1.00 bits per heavy atom. The van der Waals surface area contributed by atoms with Gasteiger partial charge in [-0.3, -0.25) is 0 Å². The molecule has 0 unspecified atom stereocenters. The molecule has 3 nitrogen and oxygen atoms in total. The van der Waals surface area contributed by atoms with Crippen molar-refractivity contribution in [2.24, 2.45) is 0 Å². The average molecular weight is 292 g/mol. The lowest BCUT2D eigenvalue weighted by atomic mass is 10.2. The van der Waals surface area contributed by atoms with Crippen LogP contribution in [0.15, 0.2) is 59.0 Å². The SMILES string of the molecule is CCN(CC)C(=Cc1ccccc1)c1nc2ccccc2o1. The van der Waals surface area contributed by atoms with Crippen LogP contribution < -0.4 is 0 Å². The summed E-state index contributed by atoms with van der Waals surface area (Å²) >= 11 is 0. The molecule has 0 N–H and O–H groups in total. The number of rotatable bonds is 5. The van der Waals surface area contributed by atoms with E-state index in [-0.39, 0.29) is 0 Å². The Morgan fingerprint density at radius 3 is 2.36 bits per heavy atom. The van der Waals surface area contributed by atoms with Gasteiger partial charge < -0.3 is 9.32 Å². The molecule has 0 radical (unpaired) electrons. The predicted octanol–water partition coefficient (Wildman–Crippen LogP) is 4.67. The Balaban J connectivity index is 2.10. The maximum atomic E-state index is 5.97. The first-order valence-corrected chi connectivity index (χ1v) is 7.69. The minimum atomic E-state index is 0.675. The van der Waals surface area contributed by atoms with Crippen LogP contribution in [0.3, 0.4) is 0 Å². The molecular weight excluding hydrogens is 272 g/mol. The van der Waals surface area contributed by atoms with Gasteiger partial charge in [-0.25, -0.2) is 4.98 Å². The average Bonchev–Trinajstić information content (AvgIpc) is 3.00. The second-order valence-corrected chi connectivity index (χ2v) is 5.10. The number of nitrogens with zero attached hydrogens (tertiary/aromatic N) is 2. The number of hydrogen-bond acceptors (Lipinski definition) is 3. The highest BCUT2D eigenvalue weighted by Crippen LogP contribution is 2.25. The van der Waals surface area contributed by atoms with Gasteiger partial charge >= 0.3 is 0 Å². The van der Waals surface area contributed by atoms with E-state index in [9.17, 15) is 0 Å². The minimum absolute atomic E-state index is 0.675. The Hall–Kier alpha value is -2.55. The summed E-state index contributed by atoms with van der Waals surface area (Å²) in [5.41, 5.74) is 3.88. The van der Waals surface area contributed by atoms with E-state index < -0.39 is 0 Å². The van der Waals surface area contributed by atoms with Gasteiger partial charge in [0.25, 0.3) is 0 Å². The quantitative estimate of drug-likeness (QED) is 0.684. The molecule has 3 heteroatoms. The maximum absolute atomic E-state index is 5.97. The van der Waals surface area contributed by atoms with Crippen molar-refractivity contribution in [1.29, 1.82) is 0 Å². The maximum Gasteiger partial charge on any atom is 0.243 e. The van der Waals surface area contributed by atoms with Crippen LogP contribution in [0.5, 0.6) is 0 Å². The first-order chi connectivity index (χ1) is 10.8. The van der Waals surface area contributed by atoms with Gasteiger partial charge in [-0.05, 0) is 37.6 Å². The number of fused-ring (bicyclic) bond motifs is 1. The Labute approximate surface area is 130 Å². The summed E-state index contributed by atoms with van der Waals surface area (Å²) in [7, 11) is 0. The topological polar surface area (TPSA) is 29.3 Å². The normalized spacial score (nSPS) is 11.8. The number of oxazole rings is 1. The third-order valence-electron chi connectivity index (χ3n) is 3.72. The first kappa shape index (κ1) is 14.4. The van der Waals surface area contributed by atoms with Gasteiger partial charge in [-0.15, -0.1) is 0 Å². The molecule has 112 valence electrons. The molecule has 0 fully saturated rings. The van der Waals surface area contributed by atoms with E-state index in [1.807, 2.05) is 42.5 Å². The molecule has 0 aliphatic rings. The summed E-state index contributed by atoms with van der Waals surface area (Å²) in [4.78, 5) is 6.91. The zero-order valence-corrected chi connectivity index (χ0v) is 13.0. The van der Waals surface area contributed by atoms with E-state index in [1.165, 1.54) is 0 Å². The van der Waals surface area contributed by atoms with Crippen LogP contribution in [0.4, 0.5) is 0 Å². The Morgan fingerprint density at radius 2 is 1.68 bits per heavy atom. The highest BCUT2D eigenvalue weighted by molar-refractivity contribution is 5.81. The third kappa shape index (κ3) is 2.89. The zero-order valence-electron chi connectivity index (χ0n) is 13.0. The molecule has 0 amide bonds. The summed E-state index contributed by atoms with van der Waals surface area (Å²) in [6, 6.07) is 18.2. The fourth-order valence-corrected chi connectivity index (χ4v) is 2.54. The molecule has 0 saturated carbocycles. The first-order valence-electron chi connectivity index (χ1n) is 7.69. The van der Waals surface area contributed by atoms with Crippen LogP contribution in [0.25, 0.3) is 22.9 Å². The van der Waals surface area contributed by atoms with Gasteiger partial charge in [-0.1, -0.05) is 42.5 Å². The molecule has 0 bridgehead atoms. The molecule has 0 aliphatic heterocycles. The largest absolute Gasteiger partial charge is 0.435 e. The summed E-state index contributed by atoms with van der Waals surface area (Å²) in [6.45, 7) is 6.11. The summed E-state index contributed by atoms with van der Waals surface area (Å²) in [6.07, 6.45) is 2.14. The van der Waals surface area contributed by atoms with Crippen molar-refractivity contribution in [3.8, 4) is 0 Å². The standard InChI is InChI=1S/C19H20N2O/c1-3-21(4-2)17(14-15-10-6-5-7-11-15)19-20-16-12-8-9-13-18(16)22-19/h5-14H,3-4H2,1-2H3. The van der Waals surface area contributed by atoms with E-state index in [1.54, 1.807) is 0 Å². The second-order valence-electron chi connectivity index (χ2n) is 5.10. The Kier molecular flexibility index (Phi) is 4.24. The van der Waals surface area contributed by atoms with Crippen LogP contribution in [-0.4, -0.2) is 23.0 Å². The summed E-state index contributed by atoms with van der Waals surface area (Å²) in [5, 5.41) is 0. The number of para-hydroxylation sites is 2. The smallest absolute Gasteiger partial charge is 0.243 e. The number of aromatic nitrogens is 1. The van der Waals surface area contributed by atoms with Crippen molar-refractivity contribution in [3.63, 3.8) is 0 Å². The lowest BCUT2D eigenvalue weighted by molar-refractivity contribution is 0.423. The highest BCUT2D eigenvalue weighted by atomic mass is 16.3. The molecular formula is C19H20N2O. The van der Waals surface area contributed by atoms with Gasteiger partial charge in [0.15, 0.2) is 5.58 Å². The molecule has 0 saturated heterocycles. The molecule has 3 rings (SSSR count). The van der Waals surface area contributed by atoms with Crippen LogP contribution in [0.1, 0.15) is 25.3 Å². The van der Waals surface area contributed by atoms with Crippen LogP contribution in [0, 0.1) is 0 Å². The summed E-state index contributed by atoms with van der Waals surface area (Å²) < 4.78 is 5.97. The lowest BCUT2D eigenvalue weighted by Gasteiger charge is -2.22. The van der Waals surface area contributed by atoms with Gasteiger partial charge in [0.2, 0.25) is 5.89 Å². The molecule has 1 aromatic heterocycles.